The first-order valence-corrected chi connectivity index (χ1v) is 8.77. The van der Waals surface area contributed by atoms with Crippen molar-refractivity contribution in [3.8, 4) is 0 Å². The van der Waals surface area contributed by atoms with Gasteiger partial charge in [0.15, 0.2) is 0 Å². The van der Waals surface area contributed by atoms with Crippen LogP contribution in [-0.2, 0) is 4.74 Å². The summed E-state index contributed by atoms with van der Waals surface area (Å²) in [4.78, 5) is 0. The molecule has 0 amide bonds. The fraction of sp³-hybridized carbons (Fsp3) is 1.00. The van der Waals surface area contributed by atoms with Crippen LogP contribution in [0, 0.1) is 11.3 Å². The van der Waals surface area contributed by atoms with Crippen molar-refractivity contribution in [2.24, 2.45) is 11.3 Å². The number of rotatable bonds is 7. The minimum Gasteiger partial charge on any atom is -0.385 e. The molecule has 0 spiro atoms. The molecule has 2 N–H and O–H groups in total. The van der Waals surface area contributed by atoms with Gasteiger partial charge in [-0.1, -0.05) is 12.8 Å². The molecule has 0 radical (unpaired) electrons. The monoisotopic (exact) mass is 280 g/mol. The molecule has 0 aromatic rings. The van der Waals surface area contributed by atoms with E-state index in [0.717, 1.165) is 25.1 Å². The Balaban J connectivity index is 1.35. The van der Waals surface area contributed by atoms with Crippen LogP contribution < -0.4 is 10.6 Å². The molecule has 3 nitrogen and oxygen atoms in total. The largest absolute Gasteiger partial charge is 0.385 e. The van der Waals surface area contributed by atoms with Crippen molar-refractivity contribution in [1.29, 1.82) is 0 Å². The van der Waals surface area contributed by atoms with E-state index in [9.17, 15) is 0 Å². The summed E-state index contributed by atoms with van der Waals surface area (Å²) in [5.41, 5.74) is 0.581. The second kappa shape index (κ2) is 6.76. The number of hydrogen-bond donors (Lipinski definition) is 2. The zero-order valence-electron chi connectivity index (χ0n) is 13.1. The first-order chi connectivity index (χ1) is 9.81. The maximum Gasteiger partial charge on any atom is 0.0468 e. The Kier molecular flexibility index (Phi) is 5.00. The van der Waals surface area contributed by atoms with Gasteiger partial charge in [0.05, 0.1) is 0 Å². The lowest BCUT2D eigenvalue weighted by Gasteiger charge is -2.40. The Labute approximate surface area is 124 Å². The molecular weight excluding hydrogens is 248 g/mol. The molecule has 1 heterocycles. The Morgan fingerprint density at radius 1 is 1.15 bits per heavy atom. The molecule has 1 saturated heterocycles. The normalized spacial score (nSPS) is 35.5. The van der Waals surface area contributed by atoms with Crippen molar-refractivity contribution < 1.29 is 4.74 Å². The van der Waals surface area contributed by atoms with Gasteiger partial charge in [0.25, 0.3) is 0 Å². The summed E-state index contributed by atoms with van der Waals surface area (Å²) in [5.74, 6) is 0.983. The van der Waals surface area contributed by atoms with Gasteiger partial charge in [-0.15, -0.1) is 0 Å². The predicted octanol–water partition coefficient (Wildman–Crippen LogP) is 2.70. The standard InChI is InChI=1S/C17H32N2O/c1-20-11-10-17(8-9-17)13-18-12-15-7-6-14-4-2-3-5-16(14)19-15/h14-16,18-19H,2-13H2,1H3. The molecule has 0 bridgehead atoms. The predicted molar refractivity (Wildman–Crippen MR) is 82.9 cm³/mol. The maximum atomic E-state index is 5.23. The van der Waals surface area contributed by atoms with E-state index in [0.29, 0.717) is 11.5 Å². The van der Waals surface area contributed by atoms with E-state index in [1.807, 2.05) is 7.11 Å². The number of methoxy groups -OCH3 is 1. The van der Waals surface area contributed by atoms with Crippen LogP contribution in [-0.4, -0.2) is 38.9 Å². The van der Waals surface area contributed by atoms with E-state index in [1.165, 1.54) is 64.3 Å². The number of piperidine rings is 1. The summed E-state index contributed by atoms with van der Waals surface area (Å²) < 4.78 is 5.23. The van der Waals surface area contributed by atoms with Crippen molar-refractivity contribution in [3.63, 3.8) is 0 Å². The van der Waals surface area contributed by atoms with E-state index in [4.69, 9.17) is 4.74 Å². The first-order valence-electron chi connectivity index (χ1n) is 8.77. The number of ether oxygens (including phenoxy) is 1. The summed E-state index contributed by atoms with van der Waals surface area (Å²) >= 11 is 0. The number of nitrogens with one attached hydrogen (secondary N) is 2. The lowest BCUT2D eigenvalue weighted by atomic mass is 9.78. The molecule has 3 unspecified atom stereocenters. The molecule has 3 aliphatic rings. The van der Waals surface area contributed by atoms with Gasteiger partial charge in [-0.25, -0.2) is 0 Å². The van der Waals surface area contributed by atoms with Gasteiger partial charge in [0.1, 0.15) is 0 Å². The van der Waals surface area contributed by atoms with Gasteiger partial charge in [0.2, 0.25) is 0 Å². The van der Waals surface area contributed by atoms with Crippen molar-refractivity contribution in [2.75, 3.05) is 26.8 Å². The summed E-state index contributed by atoms with van der Waals surface area (Å²) in [7, 11) is 1.82. The summed E-state index contributed by atoms with van der Waals surface area (Å²) in [6.45, 7) is 3.29. The fourth-order valence-electron chi connectivity index (χ4n) is 4.26. The van der Waals surface area contributed by atoms with Crippen molar-refractivity contribution >= 4 is 0 Å². The molecule has 1 aliphatic heterocycles. The quantitative estimate of drug-likeness (QED) is 0.752. The second-order valence-electron chi connectivity index (χ2n) is 7.47. The van der Waals surface area contributed by atoms with Crippen LogP contribution in [0.25, 0.3) is 0 Å². The van der Waals surface area contributed by atoms with Gasteiger partial charge in [-0.2, -0.15) is 0 Å². The van der Waals surface area contributed by atoms with Crippen molar-refractivity contribution in [1.82, 2.24) is 10.6 Å². The summed E-state index contributed by atoms with van der Waals surface area (Å²) in [5, 5.41) is 7.66. The zero-order chi connectivity index (χ0) is 13.8. The Bertz CT molecular complexity index is 303. The highest BCUT2D eigenvalue weighted by atomic mass is 16.5. The average Bonchev–Trinajstić information content (AvgIpc) is 3.25. The molecule has 3 atom stereocenters. The first kappa shape index (κ1) is 14.8. The molecule has 3 heteroatoms. The lowest BCUT2D eigenvalue weighted by molar-refractivity contribution is 0.164. The Morgan fingerprint density at radius 2 is 2.00 bits per heavy atom. The summed E-state index contributed by atoms with van der Waals surface area (Å²) in [6, 6.07) is 1.54. The highest BCUT2D eigenvalue weighted by Crippen LogP contribution is 2.48. The molecule has 20 heavy (non-hydrogen) atoms. The summed E-state index contributed by atoms with van der Waals surface area (Å²) in [6.07, 6.45) is 12.6. The highest BCUT2D eigenvalue weighted by molar-refractivity contribution is 4.96. The topological polar surface area (TPSA) is 33.3 Å². The number of fused-ring (bicyclic) bond motifs is 1. The average molecular weight is 280 g/mol. The molecule has 116 valence electrons. The number of hydrogen-bond acceptors (Lipinski definition) is 3. The van der Waals surface area contributed by atoms with E-state index in [1.54, 1.807) is 0 Å². The highest BCUT2D eigenvalue weighted by Gasteiger charge is 2.41. The Morgan fingerprint density at radius 3 is 2.80 bits per heavy atom. The fourth-order valence-corrected chi connectivity index (χ4v) is 4.26. The van der Waals surface area contributed by atoms with Crippen molar-refractivity contribution in [3.05, 3.63) is 0 Å². The SMILES string of the molecule is COCCC1(CNCC2CCC3CCCCC3N2)CC1. The smallest absolute Gasteiger partial charge is 0.0468 e. The van der Waals surface area contributed by atoms with Gasteiger partial charge in [-0.05, 0) is 56.3 Å². The van der Waals surface area contributed by atoms with E-state index in [2.05, 4.69) is 10.6 Å². The van der Waals surface area contributed by atoms with Gasteiger partial charge in [0, 0.05) is 38.9 Å². The molecule has 3 rings (SSSR count). The van der Waals surface area contributed by atoms with Crippen LogP contribution in [0.4, 0.5) is 0 Å². The van der Waals surface area contributed by atoms with Crippen molar-refractivity contribution in [2.45, 2.75) is 69.9 Å². The zero-order valence-corrected chi connectivity index (χ0v) is 13.1. The molecule has 0 aromatic heterocycles. The van der Waals surface area contributed by atoms with E-state index >= 15 is 0 Å². The minimum absolute atomic E-state index is 0.581. The third kappa shape index (κ3) is 3.75. The van der Waals surface area contributed by atoms with Crippen LogP contribution in [0.15, 0.2) is 0 Å². The third-order valence-electron chi connectivity index (χ3n) is 5.93. The van der Waals surface area contributed by atoms with Crippen LogP contribution in [0.3, 0.4) is 0 Å². The van der Waals surface area contributed by atoms with Crippen LogP contribution in [0.2, 0.25) is 0 Å². The van der Waals surface area contributed by atoms with Crippen LogP contribution >= 0.6 is 0 Å². The van der Waals surface area contributed by atoms with Gasteiger partial charge >= 0.3 is 0 Å². The molecule has 2 saturated carbocycles. The minimum atomic E-state index is 0.581. The molecular formula is C17H32N2O. The third-order valence-corrected chi connectivity index (χ3v) is 5.93. The lowest BCUT2D eigenvalue weighted by Crippen LogP contribution is -2.52. The maximum absolute atomic E-state index is 5.23. The van der Waals surface area contributed by atoms with E-state index < -0.39 is 0 Å². The second-order valence-corrected chi connectivity index (χ2v) is 7.47. The Hall–Kier alpha value is -0.120. The van der Waals surface area contributed by atoms with E-state index in [-0.39, 0.29) is 0 Å². The molecule has 3 fully saturated rings. The van der Waals surface area contributed by atoms with Crippen LogP contribution in [0.1, 0.15) is 57.8 Å². The molecule has 2 aliphatic carbocycles. The molecule has 0 aromatic carbocycles. The van der Waals surface area contributed by atoms with Crippen LogP contribution in [0.5, 0.6) is 0 Å². The van der Waals surface area contributed by atoms with Gasteiger partial charge < -0.3 is 15.4 Å². The van der Waals surface area contributed by atoms with Gasteiger partial charge in [-0.3, -0.25) is 0 Å².